The molecule has 0 aromatic heterocycles. The largest absolute Gasteiger partial charge is 0.335 e. The average molecular weight is 367 g/mol. The van der Waals surface area contributed by atoms with Crippen LogP contribution in [0.4, 0.5) is 0 Å². The lowest BCUT2D eigenvalue weighted by atomic mass is 9.51. The van der Waals surface area contributed by atoms with Gasteiger partial charge in [-0.2, -0.15) is 0 Å². The van der Waals surface area contributed by atoms with Crippen molar-refractivity contribution in [2.75, 3.05) is 6.54 Å². The fraction of sp³-hybridized carbons (Fsp3) is 0.409. The van der Waals surface area contributed by atoms with Crippen molar-refractivity contribution in [3.8, 4) is 0 Å². The van der Waals surface area contributed by atoms with E-state index in [0.29, 0.717) is 0 Å². The molecule has 26 heavy (non-hydrogen) atoms. The minimum Gasteiger partial charge on any atom is -0.335 e. The fourth-order valence-electron chi connectivity index (χ4n) is 4.98. The zero-order valence-electron chi connectivity index (χ0n) is 15.7. The molecule has 136 valence electrons. The van der Waals surface area contributed by atoms with Crippen LogP contribution in [0.1, 0.15) is 48.7 Å². The highest BCUT2D eigenvalue weighted by Gasteiger charge is 2.56. The molecule has 2 aromatic rings. The Bertz CT molecular complexity index is 863. The van der Waals surface area contributed by atoms with E-state index in [1.54, 1.807) is 0 Å². The van der Waals surface area contributed by atoms with E-state index in [-0.39, 0.29) is 22.8 Å². The van der Waals surface area contributed by atoms with Gasteiger partial charge < -0.3 is 4.90 Å². The van der Waals surface area contributed by atoms with Gasteiger partial charge in [-0.1, -0.05) is 51.1 Å². The number of hydrogen-bond acceptors (Lipinski definition) is 3. The molecule has 1 aliphatic carbocycles. The summed E-state index contributed by atoms with van der Waals surface area (Å²) in [6, 6.07) is 16.6. The van der Waals surface area contributed by atoms with Crippen molar-refractivity contribution in [1.82, 2.24) is 4.90 Å². The highest BCUT2D eigenvalue weighted by atomic mass is 32.2. The molecule has 0 radical (unpaired) electrons. The molecule has 2 aliphatic rings. The number of rotatable bonds is 2. The smallest absolute Gasteiger partial charge is 0.254 e. The standard InChI is InChI=1S/C22H26N2OS/c1-21(2)19-14-15-7-4-5-10-18(15)22(21,3)11-12-24(19)20(25)16-8-6-9-17(13-16)26-23/h4-10,13,19H,11-12,14,23H2,1-3H3/t19-,22+/m1/s1. The van der Waals surface area contributed by atoms with Crippen LogP contribution < -0.4 is 5.14 Å². The summed E-state index contributed by atoms with van der Waals surface area (Å²) < 4.78 is 0. The van der Waals surface area contributed by atoms with E-state index < -0.39 is 0 Å². The number of carbonyl (C=O) groups is 1. The van der Waals surface area contributed by atoms with E-state index in [2.05, 4.69) is 49.9 Å². The summed E-state index contributed by atoms with van der Waals surface area (Å²) in [6.45, 7) is 7.85. The fourth-order valence-corrected chi connectivity index (χ4v) is 5.33. The molecule has 0 spiro atoms. The summed E-state index contributed by atoms with van der Waals surface area (Å²) in [7, 11) is 0. The zero-order valence-corrected chi connectivity index (χ0v) is 16.5. The molecule has 4 heteroatoms. The topological polar surface area (TPSA) is 46.3 Å². The van der Waals surface area contributed by atoms with Gasteiger partial charge in [0.2, 0.25) is 0 Å². The van der Waals surface area contributed by atoms with Gasteiger partial charge in [0.15, 0.2) is 0 Å². The minimum absolute atomic E-state index is 0.0233. The predicted molar refractivity (Wildman–Crippen MR) is 107 cm³/mol. The molecule has 4 rings (SSSR count). The van der Waals surface area contributed by atoms with Crippen molar-refractivity contribution in [3.63, 3.8) is 0 Å². The SMILES string of the molecule is CC1(C)[C@H]2Cc3ccccc3[C@]1(C)CCN2C(=O)c1cccc(SN)c1. The van der Waals surface area contributed by atoms with E-state index in [1.165, 1.54) is 23.1 Å². The van der Waals surface area contributed by atoms with Gasteiger partial charge in [0.1, 0.15) is 0 Å². The average Bonchev–Trinajstić information content (AvgIpc) is 2.64. The third-order valence-corrected chi connectivity index (χ3v) is 7.51. The molecule has 1 amide bonds. The van der Waals surface area contributed by atoms with Crippen molar-refractivity contribution in [2.24, 2.45) is 10.6 Å². The summed E-state index contributed by atoms with van der Waals surface area (Å²) in [5, 5.41) is 5.68. The van der Waals surface area contributed by atoms with Crippen LogP contribution in [-0.4, -0.2) is 23.4 Å². The summed E-state index contributed by atoms with van der Waals surface area (Å²) in [4.78, 5) is 16.4. The molecular formula is C22H26N2OS. The van der Waals surface area contributed by atoms with Crippen molar-refractivity contribution in [2.45, 2.75) is 50.0 Å². The highest BCUT2D eigenvalue weighted by Crippen LogP contribution is 2.56. The third-order valence-electron chi connectivity index (χ3n) is 6.99. The van der Waals surface area contributed by atoms with Crippen LogP contribution >= 0.6 is 11.9 Å². The Morgan fingerprint density at radius 3 is 2.69 bits per heavy atom. The highest BCUT2D eigenvalue weighted by molar-refractivity contribution is 7.97. The van der Waals surface area contributed by atoms with E-state index in [0.717, 1.165) is 29.8 Å². The number of piperidine rings is 1. The number of benzene rings is 2. The van der Waals surface area contributed by atoms with Gasteiger partial charge in [-0.25, -0.2) is 0 Å². The van der Waals surface area contributed by atoms with Crippen LogP contribution in [0.25, 0.3) is 0 Å². The van der Waals surface area contributed by atoms with Crippen LogP contribution in [0.2, 0.25) is 0 Å². The molecular weight excluding hydrogens is 340 g/mol. The first-order chi connectivity index (χ1) is 12.4. The minimum atomic E-state index is 0.0233. The molecule has 0 saturated carbocycles. The molecule has 1 fully saturated rings. The van der Waals surface area contributed by atoms with Crippen LogP contribution in [0, 0.1) is 5.41 Å². The Morgan fingerprint density at radius 1 is 1.15 bits per heavy atom. The Balaban J connectivity index is 1.74. The van der Waals surface area contributed by atoms with Crippen LogP contribution in [-0.2, 0) is 11.8 Å². The second-order valence-electron chi connectivity index (χ2n) is 8.33. The molecule has 2 N–H and O–H groups in total. The first-order valence-corrected chi connectivity index (χ1v) is 10.1. The normalized spacial score (nSPS) is 26.3. The summed E-state index contributed by atoms with van der Waals surface area (Å²) in [5.41, 5.74) is 3.71. The van der Waals surface area contributed by atoms with Gasteiger partial charge in [-0.05, 0) is 59.5 Å². The maximum atomic E-state index is 13.3. The summed E-state index contributed by atoms with van der Waals surface area (Å²) >= 11 is 1.18. The van der Waals surface area contributed by atoms with Crippen molar-refractivity contribution >= 4 is 17.9 Å². The van der Waals surface area contributed by atoms with E-state index in [4.69, 9.17) is 5.14 Å². The zero-order chi connectivity index (χ0) is 18.5. The number of fused-ring (bicyclic) bond motifs is 4. The predicted octanol–water partition coefficient (Wildman–Crippen LogP) is 4.41. The van der Waals surface area contributed by atoms with Gasteiger partial charge >= 0.3 is 0 Å². The van der Waals surface area contributed by atoms with Gasteiger partial charge in [0.05, 0.1) is 0 Å². The monoisotopic (exact) mass is 366 g/mol. The summed E-state index contributed by atoms with van der Waals surface area (Å²) in [5.74, 6) is 0.125. The molecule has 2 aromatic carbocycles. The lowest BCUT2D eigenvalue weighted by molar-refractivity contribution is -0.0262. The first-order valence-electron chi connectivity index (χ1n) is 9.24. The third kappa shape index (κ3) is 2.43. The van der Waals surface area contributed by atoms with Gasteiger partial charge in [-0.3, -0.25) is 9.93 Å². The van der Waals surface area contributed by atoms with Gasteiger partial charge in [0.25, 0.3) is 5.91 Å². The number of nitrogens with two attached hydrogens (primary N) is 1. The van der Waals surface area contributed by atoms with E-state index in [1.807, 2.05) is 24.3 Å². The quantitative estimate of drug-likeness (QED) is 0.801. The Morgan fingerprint density at radius 2 is 1.92 bits per heavy atom. The molecule has 1 heterocycles. The van der Waals surface area contributed by atoms with Crippen molar-refractivity contribution in [1.29, 1.82) is 0 Å². The molecule has 3 nitrogen and oxygen atoms in total. The maximum absolute atomic E-state index is 13.3. The van der Waals surface area contributed by atoms with E-state index in [9.17, 15) is 4.79 Å². The van der Waals surface area contributed by atoms with Crippen molar-refractivity contribution in [3.05, 3.63) is 65.2 Å². The number of hydrogen-bond donors (Lipinski definition) is 1. The lowest BCUT2D eigenvalue weighted by Gasteiger charge is -2.60. The number of nitrogens with zero attached hydrogens (tertiary/aromatic N) is 1. The second-order valence-corrected chi connectivity index (χ2v) is 9.03. The van der Waals surface area contributed by atoms with Crippen LogP contribution in [0.15, 0.2) is 53.4 Å². The maximum Gasteiger partial charge on any atom is 0.254 e. The van der Waals surface area contributed by atoms with Crippen LogP contribution in [0.5, 0.6) is 0 Å². The van der Waals surface area contributed by atoms with Gasteiger partial charge in [-0.15, -0.1) is 0 Å². The number of carbonyl (C=O) groups excluding carboxylic acids is 1. The lowest BCUT2D eigenvalue weighted by Crippen LogP contribution is -2.64. The van der Waals surface area contributed by atoms with Crippen LogP contribution in [0.3, 0.4) is 0 Å². The van der Waals surface area contributed by atoms with E-state index >= 15 is 0 Å². The first kappa shape index (κ1) is 17.6. The summed E-state index contributed by atoms with van der Waals surface area (Å²) in [6.07, 6.45) is 1.92. The molecule has 1 saturated heterocycles. The Labute approximate surface area is 160 Å². The second kappa shape index (κ2) is 6.14. The number of amides is 1. The van der Waals surface area contributed by atoms with Crippen molar-refractivity contribution < 1.29 is 4.79 Å². The molecule has 0 unspecified atom stereocenters. The number of likely N-dealkylation sites (tertiary alicyclic amines) is 1. The molecule has 1 aliphatic heterocycles. The molecule has 2 bridgehead atoms. The molecule has 2 atom stereocenters. The van der Waals surface area contributed by atoms with Gasteiger partial charge in [0, 0.05) is 28.5 Å². The Hall–Kier alpha value is -1.78. The Kier molecular flexibility index (Phi) is 4.16.